The second-order valence-electron chi connectivity index (χ2n) is 6.29. The lowest BCUT2D eigenvalue weighted by atomic mass is 10.1. The summed E-state index contributed by atoms with van der Waals surface area (Å²) in [5.41, 5.74) is 1.12. The molecule has 0 unspecified atom stereocenters. The summed E-state index contributed by atoms with van der Waals surface area (Å²) in [5.74, 6) is -0.181. The average molecular weight is 395 g/mol. The summed E-state index contributed by atoms with van der Waals surface area (Å²) in [6.45, 7) is 1.75. The predicted octanol–water partition coefficient (Wildman–Crippen LogP) is 2.16. The van der Waals surface area contributed by atoms with Crippen LogP contribution >= 0.6 is 0 Å². The van der Waals surface area contributed by atoms with Crippen LogP contribution < -0.4 is 20.1 Å². The molecule has 29 heavy (non-hydrogen) atoms. The number of rotatable bonds is 5. The minimum atomic E-state index is -0.522. The highest BCUT2D eigenvalue weighted by atomic mass is 16.7. The minimum Gasteiger partial charge on any atom is -0.507 e. The molecule has 1 aliphatic heterocycles. The molecule has 1 aromatic heterocycles. The van der Waals surface area contributed by atoms with E-state index in [0.29, 0.717) is 22.9 Å². The molecule has 4 rings (SSSR count). The standard InChI is InChI=1S/C19H17N5O5/c1-11(24-9-20-8-21-24)18(26)22-12-2-4-13(5-3-12)23-19(27)14-6-16-17(7-15(14)25)29-10-28-16/h2-9,11,25H,10H2,1H3,(H,22,26)(H,23,27)/t11-/m0/s1. The zero-order chi connectivity index (χ0) is 20.4. The number of aromatic hydroxyl groups is 1. The Hall–Kier alpha value is -4.08. The molecule has 10 heteroatoms. The van der Waals surface area contributed by atoms with Gasteiger partial charge in [0.1, 0.15) is 24.4 Å². The van der Waals surface area contributed by atoms with E-state index in [1.54, 1.807) is 31.2 Å². The van der Waals surface area contributed by atoms with Crippen molar-refractivity contribution in [3.05, 3.63) is 54.6 Å². The lowest BCUT2D eigenvalue weighted by Crippen LogP contribution is -2.24. The summed E-state index contributed by atoms with van der Waals surface area (Å²) >= 11 is 0. The number of fused-ring (bicyclic) bond motifs is 1. The first-order valence-corrected chi connectivity index (χ1v) is 8.70. The number of hydrogen-bond donors (Lipinski definition) is 3. The summed E-state index contributed by atoms with van der Waals surface area (Å²) in [4.78, 5) is 28.6. The van der Waals surface area contributed by atoms with Crippen molar-refractivity contribution in [1.29, 1.82) is 0 Å². The molecule has 148 valence electrons. The second kappa shape index (κ2) is 7.50. The zero-order valence-electron chi connectivity index (χ0n) is 15.3. The average Bonchev–Trinajstić information content (AvgIpc) is 3.39. The van der Waals surface area contributed by atoms with E-state index >= 15 is 0 Å². The van der Waals surface area contributed by atoms with Crippen molar-refractivity contribution in [1.82, 2.24) is 14.8 Å². The Labute approximate surface area is 165 Å². The fraction of sp³-hybridized carbons (Fsp3) is 0.158. The smallest absolute Gasteiger partial charge is 0.259 e. The van der Waals surface area contributed by atoms with Crippen LogP contribution in [-0.4, -0.2) is 38.5 Å². The number of benzene rings is 2. The Morgan fingerprint density at radius 2 is 1.76 bits per heavy atom. The van der Waals surface area contributed by atoms with Gasteiger partial charge in [-0.3, -0.25) is 9.59 Å². The molecule has 10 nitrogen and oxygen atoms in total. The van der Waals surface area contributed by atoms with Gasteiger partial charge in [-0.2, -0.15) is 5.10 Å². The predicted molar refractivity (Wildman–Crippen MR) is 102 cm³/mol. The van der Waals surface area contributed by atoms with Gasteiger partial charge < -0.3 is 25.2 Å². The molecular formula is C19H17N5O5. The van der Waals surface area contributed by atoms with Crippen molar-refractivity contribution in [3.8, 4) is 17.2 Å². The van der Waals surface area contributed by atoms with Gasteiger partial charge in [0, 0.05) is 23.5 Å². The number of phenols is 1. The van der Waals surface area contributed by atoms with E-state index in [4.69, 9.17) is 9.47 Å². The third-order valence-electron chi connectivity index (χ3n) is 4.36. The molecule has 0 saturated heterocycles. The first-order valence-electron chi connectivity index (χ1n) is 8.70. The lowest BCUT2D eigenvalue weighted by molar-refractivity contribution is -0.119. The van der Waals surface area contributed by atoms with Gasteiger partial charge in [0.15, 0.2) is 11.5 Å². The number of amides is 2. The Bertz CT molecular complexity index is 1050. The third-order valence-corrected chi connectivity index (χ3v) is 4.36. The van der Waals surface area contributed by atoms with Crippen LogP contribution in [-0.2, 0) is 4.79 Å². The van der Waals surface area contributed by atoms with E-state index < -0.39 is 11.9 Å². The van der Waals surface area contributed by atoms with Gasteiger partial charge in [-0.1, -0.05) is 0 Å². The fourth-order valence-corrected chi connectivity index (χ4v) is 2.73. The topological polar surface area (TPSA) is 128 Å². The van der Waals surface area contributed by atoms with E-state index in [1.165, 1.54) is 29.5 Å². The van der Waals surface area contributed by atoms with Crippen molar-refractivity contribution < 1.29 is 24.2 Å². The second-order valence-corrected chi connectivity index (χ2v) is 6.29. The number of ether oxygens (including phenoxy) is 2. The molecule has 2 aromatic carbocycles. The van der Waals surface area contributed by atoms with E-state index in [9.17, 15) is 14.7 Å². The zero-order valence-corrected chi connectivity index (χ0v) is 15.3. The number of phenolic OH excluding ortho intramolecular Hbond substituents is 1. The van der Waals surface area contributed by atoms with Crippen LogP contribution in [0.25, 0.3) is 0 Å². The molecule has 2 amide bonds. The van der Waals surface area contributed by atoms with Crippen molar-refractivity contribution >= 4 is 23.2 Å². The molecule has 0 radical (unpaired) electrons. The highest BCUT2D eigenvalue weighted by molar-refractivity contribution is 6.06. The van der Waals surface area contributed by atoms with E-state index in [0.717, 1.165) is 0 Å². The van der Waals surface area contributed by atoms with Gasteiger partial charge in [0.25, 0.3) is 5.91 Å². The number of aromatic nitrogens is 3. The summed E-state index contributed by atoms with van der Waals surface area (Å²) in [5, 5.41) is 19.4. The summed E-state index contributed by atoms with van der Waals surface area (Å²) in [6, 6.07) is 8.82. The maximum atomic E-state index is 12.5. The van der Waals surface area contributed by atoms with Crippen LogP contribution in [0.5, 0.6) is 17.2 Å². The molecule has 0 spiro atoms. The maximum Gasteiger partial charge on any atom is 0.259 e. The van der Waals surface area contributed by atoms with Crippen molar-refractivity contribution in [3.63, 3.8) is 0 Å². The molecule has 0 saturated carbocycles. The van der Waals surface area contributed by atoms with Crippen molar-refractivity contribution in [2.24, 2.45) is 0 Å². The molecular weight excluding hydrogens is 378 g/mol. The molecule has 0 bridgehead atoms. The van der Waals surface area contributed by atoms with Crippen LogP contribution in [0.4, 0.5) is 11.4 Å². The summed E-state index contributed by atoms with van der Waals surface area (Å²) in [7, 11) is 0. The number of carbonyl (C=O) groups excluding carboxylic acids is 2. The number of carbonyl (C=O) groups is 2. The van der Waals surface area contributed by atoms with Gasteiger partial charge in [-0.25, -0.2) is 9.67 Å². The van der Waals surface area contributed by atoms with E-state index in [1.807, 2.05) is 0 Å². The van der Waals surface area contributed by atoms with Gasteiger partial charge >= 0.3 is 0 Å². The number of nitrogens with one attached hydrogen (secondary N) is 2. The molecule has 3 aromatic rings. The molecule has 0 aliphatic carbocycles. The minimum absolute atomic E-state index is 0.0442. The molecule has 3 N–H and O–H groups in total. The Morgan fingerprint density at radius 3 is 2.41 bits per heavy atom. The third kappa shape index (κ3) is 3.81. The normalized spacial score (nSPS) is 13.0. The van der Waals surface area contributed by atoms with Crippen LogP contribution in [0, 0.1) is 0 Å². The van der Waals surface area contributed by atoms with Gasteiger partial charge in [-0.05, 0) is 31.2 Å². The first kappa shape index (κ1) is 18.3. The maximum absolute atomic E-state index is 12.5. The SMILES string of the molecule is C[C@@H](C(=O)Nc1ccc(NC(=O)c2cc3c(cc2O)OCO3)cc1)n1cncn1. The van der Waals surface area contributed by atoms with E-state index in [2.05, 4.69) is 20.7 Å². The Morgan fingerprint density at radius 1 is 1.10 bits per heavy atom. The van der Waals surface area contributed by atoms with Crippen LogP contribution in [0.15, 0.2) is 49.1 Å². The lowest BCUT2D eigenvalue weighted by Gasteiger charge is -2.13. The Kier molecular flexibility index (Phi) is 4.73. The number of hydrogen-bond acceptors (Lipinski definition) is 7. The van der Waals surface area contributed by atoms with Gasteiger partial charge in [0.05, 0.1) is 5.56 Å². The molecule has 1 atom stereocenters. The fourth-order valence-electron chi connectivity index (χ4n) is 2.73. The largest absolute Gasteiger partial charge is 0.507 e. The Balaban J connectivity index is 1.41. The van der Waals surface area contributed by atoms with Crippen molar-refractivity contribution in [2.45, 2.75) is 13.0 Å². The van der Waals surface area contributed by atoms with Gasteiger partial charge in [0.2, 0.25) is 12.7 Å². The highest BCUT2D eigenvalue weighted by Gasteiger charge is 2.21. The van der Waals surface area contributed by atoms with Crippen LogP contribution in [0.3, 0.4) is 0 Å². The number of anilines is 2. The molecule has 0 fully saturated rings. The molecule has 2 heterocycles. The van der Waals surface area contributed by atoms with Crippen LogP contribution in [0.1, 0.15) is 23.3 Å². The summed E-state index contributed by atoms with van der Waals surface area (Å²) < 4.78 is 11.8. The van der Waals surface area contributed by atoms with E-state index in [-0.39, 0.29) is 24.0 Å². The molecule has 1 aliphatic rings. The summed E-state index contributed by atoms with van der Waals surface area (Å²) in [6.07, 6.45) is 2.83. The quantitative estimate of drug-likeness (QED) is 0.604. The number of nitrogens with zero attached hydrogens (tertiary/aromatic N) is 3. The van der Waals surface area contributed by atoms with Crippen LogP contribution in [0.2, 0.25) is 0 Å². The van der Waals surface area contributed by atoms with Gasteiger partial charge in [-0.15, -0.1) is 0 Å². The highest BCUT2D eigenvalue weighted by Crippen LogP contribution is 2.37. The first-order chi connectivity index (χ1) is 14.0. The monoisotopic (exact) mass is 395 g/mol. The van der Waals surface area contributed by atoms with Crippen molar-refractivity contribution in [2.75, 3.05) is 17.4 Å².